The van der Waals surface area contributed by atoms with E-state index in [-0.39, 0.29) is 19.8 Å². The van der Waals surface area contributed by atoms with Gasteiger partial charge >= 0.3 is 13.6 Å². The fourth-order valence-electron chi connectivity index (χ4n) is 1.86. The topological polar surface area (TPSA) is 61.8 Å². The van der Waals surface area contributed by atoms with Crippen LogP contribution in [0.2, 0.25) is 0 Å². The molecule has 0 fully saturated rings. The minimum absolute atomic E-state index is 0.119. The lowest BCUT2D eigenvalue weighted by Crippen LogP contribution is -2.19. The minimum Gasteiger partial charge on any atom is -0.465 e. The average molecular weight is 318 g/mol. The first-order valence-corrected chi connectivity index (χ1v) is 8.40. The van der Waals surface area contributed by atoms with Crippen LogP contribution in [0.4, 0.5) is 4.39 Å². The first-order chi connectivity index (χ1) is 9.98. The van der Waals surface area contributed by atoms with E-state index in [4.69, 9.17) is 13.8 Å². The second-order valence-corrected chi connectivity index (χ2v) is 6.19. The lowest BCUT2D eigenvalue weighted by molar-refractivity contribution is -0.143. The molecule has 5 nitrogen and oxygen atoms in total. The van der Waals surface area contributed by atoms with E-state index >= 15 is 0 Å². The van der Waals surface area contributed by atoms with Gasteiger partial charge < -0.3 is 13.8 Å². The Balaban J connectivity index is 3.25. The van der Waals surface area contributed by atoms with Crippen molar-refractivity contribution in [2.75, 3.05) is 19.8 Å². The van der Waals surface area contributed by atoms with Crippen molar-refractivity contribution < 1.29 is 27.5 Å². The van der Waals surface area contributed by atoms with Crippen LogP contribution in [0.1, 0.15) is 32.0 Å². The lowest BCUT2D eigenvalue weighted by atomic mass is 10.1. The highest BCUT2D eigenvalue weighted by Gasteiger charge is 2.43. The standard InChI is InChI=1S/C14H20FO5P/c1-4-18-14(16)13(11-7-9-12(15)10-8-11)21(17,19-5-2)20-6-3/h7-10,13H,4-6H2,1-3H3/t13-/m0/s1. The summed E-state index contributed by atoms with van der Waals surface area (Å²) < 4.78 is 41.3. The van der Waals surface area contributed by atoms with Crippen LogP contribution in [-0.2, 0) is 23.1 Å². The molecule has 0 spiro atoms. The normalized spacial score (nSPS) is 13.0. The summed E-state index contributed by atoms with van der Waals surface area (Å²) in [6.07, 6.45) is 0. The van der Waals surface area contributed by atoms with Gasteiger partial charge in [-0.25, -0.2) is 4.39 Å². The predicted molar refractivity (Wildman–Crippen MR) is 76.6 cm³/mol. The highest BCUT2D eigenvalue weighted by Crippen LogP contribution is 2.61. The summed E-state index contributed by atoms with van der Waals surface area (Å²) in [6.45, 7) is 5.32. The van der Waals surface area contributed by atoms with E-state index in [2.05, 4.69) is 0 Å². The molecule has 0 aliphatic heterocycles. The molecule has 1 rings (SSSR count). The summed E-state index contributed by atoms with van der Waals surface area (Å²) in [5.41, 5.74) is -0.891. The van der Waals surface area contributed by atoms with Crippen LogP contribution in [0.25, 0.3) is 0 Å². The highest BCUT2D eigenvalue weighted by atomic mass is 31.2. The maximum Gasteiger partial charge on any atom is 0.349 e. The van der Waals surface area contributed by atoms with Crippen LogP contribution in [0, 0.1) is 5.82 Å². The highest BCUT2D eigenvalue weighted by molar-refractivity contribution is 7.55. The Morgan fingerprint density at radius 1 is 1.10 bits per heavy atom. The zero-order valence-corrected chi connectivity index (χ0v) is 13.3. The number of ether oxygens (including phenoxy) is 1. The number of hydrogen-bond donors (Lipinski definition) is 0. The van der Waals surface area contributed by atoms with Gasteiger partial charge in [-0.15, -0.1) is 0 Å². The van der Waals surface area contributed by atoms with Gasteiger partial charge in [0.15, 0.2) is 5.66 Å². The summed E-state index contributed by atoms with van der Waals surface area (Å²) in [4.78, 5) is 12.2. The Kier molecular flexibility index (Phi) is 7.02. The molecular weight excluding hydrogens is 298 g/mol. The Bertz CT molecular complexity index is 493. The predicted octanol–water partition coefficient (Wildman–Crippen LogP) is 3.70. The lowest BCUT2D eigenvalue weighted by Gasteiger charge is -2.25. The quantitative estimate of drug-likeness (QED) is 0.540. The van der Waals surface area contributed by atoms with Gasteiger partial charge in [0, 0.05) is 0 Å². The SMILES string of the molecule is CCOC(=O)[C@H](c1ccc(F)cc1)P(=O)(OCC)OCC. The Morgan fingerprint density at radius 2 is 1.62 bits per heavy atom. The zero-order chi connectivity index (χ0) is 15.9. The number of halogens is 1. The van der Waals surface area contributed by atoms with Crippen molar-refractivity contribution in [1.29, 1.82) is 0 Å². The van der Waals surface area contributed by atoms with Crippen molar-refractivity contribution >= 4 is 13.6 Å². The fraction of sp³-hybridized carbons (Fsp3) is 0.500. The molecule has 0 aliphatic rings. The van der Waals surface area contributed by atoms with Gasteiger partial charge in [0.2, 0.25) is 0 Å². The molecule has 1 atom stereocenters. The first-order valence-electron chi connectivity index (χ1n) is 6.79. The summed E-state index contributed by atoms with van der Waals surface area (Å²) >= 11 is 0. The second kappa shape index (κ2) is 8.27. The van der Waals surface area contributed by atoms with Gasteiger partial charge in [0.05, 0.1) is 19.8 Å². The van der Waals surface area contributed by atoms with E-state index in [0.717, 1.165) is 0 Å². The minimum atomic E-state index is -3.75. The summed E-state index contributed by atoms with van der Waals surface area (Å²) in [6, 6.07) is 5.12. The Hall–Kier alpha value is -1.23. The van der Waals surface area contributed by atoms with E-state index in [1.807, 2.05) is 0 Å². The van der Waals surface area contributed by atoms with Gasteiger partial charge in [0.1, 0.15) is 5.82 Å². The van der Waals surface area contributed by atoms with Crippen molar-refractivity contribution in [2.24, 2.45) is 0 Å². The maximum absolute atomic E-state index is 13.0. The van der Waals surface area contributed by atoms with Gasteiger partial charge in [0.25, 0.3) is 0 Å². The molecular formula is C14H20FO5P. The molecule has 0 N–H and O–H groups in total. The number of benzene rings is 1. The summed E-state index contributed by atoms with van der Waals surface area (Å²) in [7, 11) is -3.75. The molecule has 0 unspecified atom stereocenters. The summed E-state index contributed by atoms with van der Waals surface area (Å²) in [5.74, 6) is -1.17. The Morgan fingerprint density at radius 3 is 2.05 bits per heavy atom. The molecule has 0 heterocycles. The Labute approximate surface area is 123 Å². The zero-order valence-electron chi connectivity index (χ0n) is 12.4. The van der Waals surface area contributed by atoms with E-state index in [0.29, 0.717) is 5.56 Å². The molecule has 1 aromatic rings. The van der Waals surface area contributed by atoms with Crippen LogP contribution in [0.15, 0.2) is 24.3 Å². The first kappa shape index (κ1) is 17.8. The van der Waals surface area contributed by atoms with Crippen LogP contribution < -0.4 is 0 Å². The van der Waals surface area contributed by atoms with Crippen LogP contribution in [0.5, 0.6) is 0 Å². The largest absolute Gasteiger partial charge is 0.465 e. The molecule has 7 heteroatoms. The third-order valence-corrected chi connectivity index (χ3v) is 5.01. The number of rotatable bonds is 8. The molecule has 0 bridgehead atoms. The molecule has 0 saturated carbocycles. The van der Waals surface area contributed by atoms with Gasteiger partial charge in [-0.05, 0) is 38.5 Å². The summed E-state index contributed by atoms with van der Waals surface area (Å²) in [5, 5.41) is 0. The fourth-order valence-corrected chi connectivity index (χ4v) is 3.82. The molecule has 0 amide bonds. The van der Waals surface area contributed by atoms with Crippen LogP contribution in [0.3, 0.4) is 0 Å². The van der Waals surface area contributed by atoms with Crippen LogP contribution >= 0.6 is 7.60 Å². The van der Waals surface area contributed by atoms with Gasteiger partial charge in [-0.3, -0.25) is 9.36 Å². The third-order valence-electron chi connectivity index (χ3n) is 2.63. The molecule has 0 aliphatic carbocycles. The van der Waals surface area contributed by atoms with E-state index < -0.39 is 25.0 Å². The van der Waals surface area contributed by atoms with Crippen molar-refractivity contribution in [3.05, 3.63) is 35.6 Å². The van der Waals surface area contributed by atoms with Gasteiger partial charge in [-0.1, -0.05) is 12.1 Å². The third kappa shape index (κ3) is 4.63. The second-order valence-electron chi connectivity index (χ2n) is 4.08. The van der Waals surface area contributed by atoms with Crippen molar-refractivity contribution in [1.82, 2.24) is 0 Å². The molecule has 0 saturated heterocycles. The monoisotopic (exact) mass is 318 g/mol. The molecule has 1 aromatic carbocycles. The van der Waals surface area contributed by atoms with Crippen molar-refractivity contribution in [2.45, 2.75) is 26.4 Å². The van der Waals surface area contributed by atoms with Crippen molar-refractivity contribution in [3.63, 3.8) is 0 Å². The molecule has 118 valence electrons. The molecule has 0 aromatic heterocycles. The van der Waals surface area contributed by atoms with E-state index in [9.17, 15) is 13.8 Å². The number of carbonyl (C=O) groups is 1. The molecule has 21 heavy (non-hydrogen) atoms. The van der Waals surface area contributed by atoms with E-state index in [1.165, 1.54) is 24.3 Å². The van der Waals surface area contributed by atoms with E-state index in [1.54, 1.807) is 20.8 Å². The smallest absolute Gasteiger partial charge is 0.349 e. The number of hydrogen-bond acceptors (Lipinski definition) is 5. The maximum atomic E-state index is 13.0. The average Bonchev–Trinajstić information content (AvgIpc) is 2.42. The van der Waals surface area contributed by atoms with Crippen molar-refractivity contribution in [3.8, 4) is 0 Å². The number of esters is 1. The molecule has 0 radical (unpaired) electrons. The number of carbonyl (C=O) groups excluding carboxylic acids is 1. The van der Waals surface area contributed by atoms with Gasteiger partial charge in [-0.2, -0.15) is 0 Å². The van der Waals surface area contributed by atoms with Crippen LogP contribution in [-0.4, -0.2) is 25.8 Å².